The van der Waals surface area contributed by atoms with E-state index in [2.05, 4.69) is 549 Å². The van der Waals surface area contributed by atoms with Crippen LogP contribution in [0, 0.1) is 83.1 Å². The van der Waals surface area contributed by atoms with Crippen molar-refractivity contribution in [2.45, 2.75) is 241 Å². The normalized spacial score (nSPS) is 13.0. The third-order valence-corrected chi connectivity index (χ3v) is 32.1. The van der Waals surface area contributed by atoms with Crippen LogP contribution in [0.1, 0.15) is 269 Å². The van der Waals surface area contributed by atoms with E-state index < -0.39 is 0 Å². The molecule has 0 saturated heterocycles. The van der Waals surface area contributed by atoms with Crippen LogP contribution in [0.2, 0.25) is 0 Å². The minimum absolute atomic E-state index is 0.0826. The van der Waals surface area contributed by atoms with Crippen molar-refractivity contribution in [1.82, 2.24) is 18.3 Å². The summed E-state index contributed by atoms with van der Waals surface area (Å²) in [5.74, 6) is 8.69. The highest BCUT2D eigenvalue weighted by atomic mass is 15.3. The van der Waals surface area contributed by atoms with Gasteiger partial charge < -0.3 is 19.2 Å². The van der Waals surface area contributed by atoms with Gasteiger partial charge in [0.25, 0.3) is 23.3 Å². The van der Waals surface area contributed by atoms with Crippen molar-refractivity contribution >= 4 is 72.5 Å². The van der Waals surface area contributed by atoms with Gasteiger partial charge in [-0.25, -0.2) is 18.3 Å². The van der Waals surface area contributed by atoms with E-state index in [1.54, 1.807) is 0 Å². The molecule has 0 radical (unpaired) electrons. The largest absolute Gasteiger partial charge is 0.537 e. The molecule has 16 heteroatoms. The number of aryl methyl sites for hydroxylation is 16. The minimum Gasteiger partial charge on any atom is -0.372 e. The van der Waals surface area contributed by atoms with Gasteiger partial charge in [-0.1, -0.05) is 281 Å². The summed E-state index contributed by atoms with van der Waals surface area (Å²) in [6.45, 7) is 64.4. The summed E-state index contributed by atoms with van der Waals surface area (Å²) in [7, 11) is 17.8. The van der Waals surface area contributed by atoms with Gasteiger partial charge in [0.1, 0.15) is 49.6 Å². The lowest BCUT2D eigenvalue weighted by atomic mass is 9.58. The Balaban J connectivity index is 0.000000132. The number of nitrogens with zero attached hydrogens (tertiary/aromatic N) is 12. The number of rotatable bonds is 16. The van der Waals surface area contributed by atoms with Gasteiger partial charge in [-0.15, -0.1) is 0 Å². The molecule has 4 aliphatic heterocycles. The molecule has 16 aromatic rings. The minimum atomic E-state index is 0.0826. The maximum absolute atomic E-state index is 2.54. The third-order valence-electron chi connectivity index (χ3n) is 32.1. The number of anilines is 4. The Hall–Kier alpha value is -13.1. The van der Waals surface area contributed by atoms with Gasteiger partial charge >= 0.3 is 27.9 Å². The van der Waals surface area contributed by atoms with Crippen molar-refractivity contribution in [3.63, 3.8) is 0 Å². The summed E-state index contributed by atoms with van der Waals surface area (Å²) in [6, 6.07) is 73.4. The quantitative estimate of drug-likeness (QED) is 0.0905. The number of hydrogen-bond acceptors (Lipinski definition) is 4. The van der Waals surface area contributed by atoms with Gasteiger partial charge in [-0.3, -0.25) is 17.9 Å². The highest BCUT2D eigenvalue weighted by Crippen LogP contribution is 2.49. The molecule has 0 saturated carbocycles. The Bertz CT molecular complexity index is 7440. The Kier molecular flexibility index (Phi) is 28.8. The molecule has 12 nitrogen and oxygen atoms in total. The Labute approximate surface area is 864 Å². The molecule has 0 N–H and O–H groups in total. The highest BCUT2D eigenvalue weighted by Gasteiger charge is 2.51. The van der Waals surface area contributed by atoms with Crippen molar-refractivity contribution in [3.05, 3.63) is 355 Å². The number of benzene rings is 12. The zero-order chi connectivity index (χ0) is 104. The Morgan fingerprint density at radius 3 is 0.562 bits per heavy atom. The molecule has 0 aliphatic carbocycles. The predicted octanol–water partition coefficient (Wildman–Crippen LogP) is 26.0. The van der Waals surface area contributed by atoms with Crippen LogP contribution in [0.4, 0.5) is 22.7 Å². The SMILES string of the molecule is Cc1cc(-c2c(C(C)C)cccc2C(C)C)cc2c1-c1n(C)cc[n+]1B(c1c(C(C)C)cccc1C(C)C)N2C.Cc1cccc(C)c1-c1cc(C)c2c(c1)N(C)B(c1c(C(C)C)cccc1C(C)C)[n+]1ccn(C)c1-2.Cc1cccc(C)c1B1N(C)c2cc(-c3c(C(C)C)cccc3C(C)C)cc(C)c2-c2n(C)cc[n+]21.Cc1cccc(C)c1B1N(C)c2cc(-c3c(C)cccc3C)cc(C)c2-c2n(C)cc[n+]21. The molecule has 4 aromatic heterocycles. The summed E-state index contributed by atoms with van der Waals surface area (Å²) in [4.78, 5) is 10.0. The summed E-state index contributed by atoms with van der Waals surface area (Å²) < 4.78 is 19.0. The van der Waals surface area contributed by atoms with Crippen LogP contribution < -0.4 is 59.0 Å². The lowest BCUT2D eigenvalue weighted by Crippen LogP contribution is -2.71. The van der Waals surface area contributed by atoms with Gasteiger partial charge in [0.05, 0.1) is 50.4 Å². The van der Waals surface area contributed by atoms with E-state index in [4.69, 9.17) is 0 Å². The second-order valence-corrected chi connectivity index (χ2v) is 45.0. The maximum Gasteiger partial charge on any atom is 0.537 e. The average molecular weight is 1910 g/mol. The van der Waals surface area contributed by atoms with Crippen LogP contribution in [0.3, 0.4) is 0 Å². The van der Waals surface area contributed by atoms with E-state index in [9.17, 15) is 0 Å². The van der Waals surface area contributed by atoms with Crippen LogP contribution in [0.25, 0.3) is 90.1 Å². The summed E-state index contributed by atoms with van der Waals surface area (Å²) in [5.41, 5.74) is 54.3. The number of imidazole rings is 4. The summed E-state index contributed by atoms with van der Waals surface area (Å²) in [5, 5.41) is 0. The van der Waals surface area contributed by atoms with Crippen LogP contribution in [-0.4, -0.2) is 74.4 Å². The van der Waals surface area contributed by atoms with Crippen molar-refractivity contribution in [2.24, 2.45) is 28.2 Å². The van der Waals surface area contributed by atoms with Crippen molar-refractivity contribution < 1.29 is 17.9 Å². The molecule has 12 aromatic carbocycles. The Morgan fingerprint density at radius 1 is 0.188 bits per heavy atom. The van der Waals surface area contributed by atoms with E-state index >= 15 is 0 Å². The second-order valence-electron chi connectivity index (χ2n) is 45.0. The van der Waals surface area contributed by atoms with E-state index in [-0.39, 0.29) is 27.9 Å². The topological polar surface area (TPSA) is 48.2 Å². The molecule has 0 spiro atoms. The molecule has 0 fully saturated rings. The van der Waals surface area contributed by atoms with Gasteiger partial charge in [0.2, 0.25) is 0 Å². The smallest absolute Gasteiger partial charge is 0.372 e. The van der Waals surface area contributed by atoms with E-state index in [1.165, 1.54) is 246 Å². The lowest BCUT2D eigenvalue weighted by Gasteiger charge is -2.34. The summed E-state index contributed by atoms with van der Waals surface area (Å²) >= 11 is 0. The first kappa shape index (κ1) is 102. The van der Waals surface area contributed by atoms with E-state index in [0.29, 0.717) is 47.3 Å². The first-order valence-corrected chi connectivity index (χ1v) is 53.0. The fourth-order valence-electron chi connectivity index (χ4n) is 25.1. The van der Waals surface area contributed by atoms with Gasteiger partial charge in [0.15, 0.2) is 0 Å². The van der Waals surface area contributed by atoms with Crippen LogP contribution >= 0.6 is 0 Å². The van der Waals surface area contributed by atoms with Crippen molar-refractivity contribution in [2.75, 3.05) is 47.4 Å². The molecule has 0 unspecified atom stereocenters. The highest BCUT2D eigenvalue weighted by molar-refractivity contribution is 6.73. The molecular formula is C128H156B4N12+4. The van der Waals surface area contributed by atoms with Crippen LogP contribution in [-0.2, 0) is 28.2 Å². The van der Waals surface area contributed by atoms with Crippen molar-refractivity contribution in [3.8, 4) is 90.1 Å². The fraction of sp³-hybridized carbons (Fsp3) is 0.344. The molecular weight excluding hydrogens is 1750 g/mol. The lowest BCUT2D eigenvalue weighted by molar-refractivity contribution is -0.524. The number of aromatic nitrogens is 8. The molecule has 0 amide bonds. The van der Waals surface area contributed by atoms with Crippen molar-refractivity contribution in [1.29, 1.82) is 0 Å². The van der Waals surface area contributed by atoms with E-state index in [1.807, 2.05) is 0 Å². The first-order chi connectivity index (χ1) is 68.4. The van der Waals surface area contributed by atoms with E-state index in [0.717, 1.165) is 0 Å². The molecule has 20 rings (SSSR count). The zero-order valence-electron chi connectivity index (χ0n) is 93.4. The summed E-state index contributed by atoms with van der Waals surface area (Å²) in [6.07, 6.45) is 17.8. The van der Waals surface area contributed by atoms with Gasteiger partial charge in [0, 0.05) is 44.6 Å². The standard InChI is InChI=1S/C36H47BN3.2C32H39BN3.C28H31BN3/c1-22(2)28-14-12-15-29(23(3)4)34(28)27-20-26(9)33-32(21-27)39(11)37(40-19-18-38(10)36(33)40)35-30(24(5)6)16-13-17-31(35)25(7)8;1-20(2)26-14-11-15-27(21(3)4)30(26)25-18-24(7)29-28(19-25)35(9)33(36-17-16-34(8)32(29)36)31-22(5)12-10-13-23(31)6;1-20(2)26-14-11-15-27(21(3)4)31(26)33-35(9)28-19-25(29-22(5)12-10-13-23(29)6)18-24(7)30(28)32-34(8)16-17-36(32)33;1-18-10-8-11-19(2)25(18)23-16-22(5)26-24(17-23)31(7)29(32-15-14-30(6)28(26)32)27-20(3)12-9-13-21(27)4/h12-25H,1-11H3;2*10-21H,1-9H3;8-17H,1-7H3/q4*+1. The maximum atomic E-state index is 2.54. The third kappa shape index (κ3) is 17.9. The molecule has 0 atom stereocenters. The monoisotopic (exact) mass is 1910 g/mol. The van der Waals surface area contributed by atoms with Crippen LogP contribution in [0.15, 0.2) is 244 Å². The Morgan fingerprint density at radius 2 is 0.361 bits per heavy atom. The van der Waals surface area contributed by atoms with Gasteiger partial charge in [-0.2, -0.15) is 0 Å². The second kappa shape index (κ2) is 40.5. The molecule has 8 heterocycles. The molecule has 0 bridgehead atoms. The first-order valence-electron chi connectivity index (χ1n) is 53.0. The predicted molar refractivity (Wildman–Crippen MR) is 618 cm³/mol. The molecule has 736 valence electrons. The van der Waals surface area contributed by atoms with Gasteiger partial charge in [-0.05, 0) is 339 Å². The average Bonchev–Trinajstić information content (AvgIpc) is 1.44. The number of hydrogen-bond donors (Lipinski definition) is 0. The van der Waals surface area contributed by atoms with Crippen LogP contribution in [0.5, 0.6) is 0 Å². The molecule has 4 aliphatic rings. The number of fused-ring (bicyclic) bond motifs is 12. The zero-order valence-corrected chi connectivity index (χ0v) is 93.4. The fourth-order valence-corrected chi connectivity index (χ4v) is 25.1. The molecule has 144 heavy (non-hydrogen) atoms.